The summed E-state index contributed by atoms with van der Waals surface area (Å²) in [7, 11) is 0. The third kappa shape index (κ3) is 2.34. The van der Waals surface area contributed by atoms with E-state index in [2.05, 4.69) is 25.9 Å². The molecule has 0 bridgehead atoms. The lowest BCUT2D eigenvalue weighted by atomic mass is 10.2. The summed E-state index contributed by atoms with van der Waals surface area (Å²) in [5.41, 5.74) is 5.67. The summed E-state index contributed by atoms with van der Waals surface area (Å²) in [6.07, 6.45) is 6.27. The first kappa shape index (κ1) is 11.0. The minimum absolute atomic E-state index is 0.340. The molecule has 4 nitrogen and oxygen atoms in total. The van der Waals surface area contributed by atoms with Gasteiger partial charge in [-0.3, -0.25) is 0 Å². The summed E-state index contributed by atoms with van der Waals surface area (Å²) in [4.78, 5) is 8.27. The van der Waals surface area contributed by atoms with Crippen LogP contribution < -0.4 is 10.2 Å². The van der Waals surface area contributed by atoms with Crippen LogP contribution in [0, 0.1) is 0 Å². The summed E-state index contributed by atoms with van der Waals surface area (Å²) in [5, 5.41) is 0. The van der Waals surface area contributed by atoms with Crippen molar-refractivity contribution in [3.8, 4) is 0 Å². The molecular formula is C9H12BrClN4. The van der Waals surface area contributed by atoms with Crippen LogP contribution in [0.15, 0.2) is 10.7 Å². The molecule has 0 spiro atoms. The minimum atomic E-state index is 0.340. The highest BCUT2D eigenvalue weighted by atomic mass is 79.9. The molecule has 0 amide bonds. The van der Waals surface area contributed by atoms with E-state index in [4.69, 9.17) is 17.5 Å². The van der Waals surface area contributed by atoms with E-state index in [0.29, 0.717) is 22.3 Å². The molecule has 82 valence electrons. The number of hydrogen-bond donors (Lipinski definition) is 1. The lowest BCUT2D eigenvalue weighted by Crippen LogP contribution is -2.25. The van der Waals surface area contributed by atoms with Crippen LogP contribution in [0.5, 0.6) is 0 Å². The van der Waals surface area contributed by atoms with Crippen LogP contribution >= 0.6 is 27.7 Å². The first-order chi connectivity index (χ1) is 7.18. The predicted molar refractivity (Wildman–Crippen MR) is 64.7 cm³/mol. The molecular weight excluding hydrogens is 279 g/mol. The summed E-state index contributed by atoms with van der Waals surface area (Å²) >= 11 is 9.42. The monoisotopic (exact) mass is 290 g/mol. The van der Waals surface area contributed by atoms with Crippen molar-refractivity contribution < 1.29 is 0 Å². The Bertz CT molecular complexity index is 354. The fraction of sp³-hybridized carbons (Fsp3) is 0.556. The van der Waals surface area contributed by atoms with Crippen molar-refractivity contribution in [2.24, 2.45) is 0 Å². The van der Waals surface area contributed by atoms with Crippen molar-refractivity contribution in [2.45, 2.75) is 31.7 Å². The van der Waals surface area contributed by atoms with Gasteiger partial charge in [-0.15, -0.1) is 0 Å². The molecule has 0 aliphatic heterocycles. The van der Waals surface area contributed by atoms with Crippen molar-refractivity contribution >= 4 is 39.5 Å². The molecule has 6 heteroatoms. The summed E-state index contributed by atoms with van der Waals surface area (Å²) < 4.78 is 2.30. The number of nitrogens with zero attached hydrogens (tertiary/aromatic N) is 3. The van der Waals surface area contributed by atoms with E-state index >= 15 is 0 Å². The van der Waals surface area contributed by atoms with Gasteiger partial charge in [0.05, 0.1) is 4.47 Å². The average molecular weight is 292 g/mol. The summed E-state index contributed by atoms with van der Waals surface area (Å²) in [6, 6.07) is 0.340. The van der Waals surface area contributed by atoms with Crippen molar-refractivity contribution in [1.29, 1.82) is 0 Å². The van der Waals surface area contributed by atoms with Crippen LogP contribution in [0.2, 0.25) is 0 Å². The first-order valence-corrected chi connectivity index (χ1v) is 6.04. The maximum absolute atomic E-state index is 6.17. The lowest BCUT2D eigenvalue weighted by Gasteiger charge is -2.20. The number of aromatic nitrogens is 2. The molecule has 1 aromatic heterocycles. The summed E-state index contributed by atoms with van der Waals surface area (Å²) in [5.74, 6) is 0.910. The topological polar surface area (TPSA) is 55.0 Å². The van der Waals surface area contributed by atoms with Gasteiger partial charge in [0.2, 0.25) is 5.95 Å². The number of nitrogens with two attached hydrogens (primary N) is 1. The van der Waals surface area contributed by atoms with Gasteiger partial charge in [-0.25, -0.2) is 9.40 Å². The Balaban J connectivity index is 2.17. The van der Waals surface area contributed by atoms with E-state index in [-0.39, 0.29) is 0 Å². The lowest BCUT2D eigenvalue weighted by molar-refractivity contribution is 0.691. The molecule has 0 unspecified atom stereocenters. The number of anilines is 2. The van der Waals surface area contributed by atoms with Crippen LogP contribution in [0.4, 0.5) is 11.8 Å². The Morgan fingerprint density at radius 3 is 2.73 bits per heavy atom. The molecule has 0 saturated heterocycles. The zero-order chi connectivity index (χ0) is 10.8. The molecule has 2 N–H and O–H groups in total. The van der Waals surface area contributed by atoms with Crippen LogP contribution in [0.1, 0.15) is 25.7 Å². The zero-order valence-corrected chi connectivity index (χ0v) is 10.5. The Morgan fingerprint density at radius 2 is 2.13 bits per heavy atom. The van der Waals surface area contributed by atoms with E-state index in [1.54, 1.807) is 10.6 Å². The Morgan fingerprint density at radius 1 is 1.47 bits per heavy atom. The number of hydrogen-bond acceptors (Lipinski definition) is 4. The SMILES string of the molecule is Nc1nc(N(Cl)C2CCCC2)ncc1Br. The van der Waals surface area contributed by atoms with Crippen LogP contribution in [-0.4, -0.2) is 16.0 Å². The van der Waals surface area contributed by atoms with E-state index in [1.165, 1.54) is 12.8 Å². The summed E-state index contributed by atoms with van der Waals surface area (Å²) in [6.45, 7) is 0. The minimum Gasteiger partial charge on any atom is -0.383 e. The van der Waals surface area contributed by atoms with E-state index in [9.17, 15) is 0 Å². The van der Waals surface area contributed by atoms with Gasteiger partial charge >= 0.3 is 0 Å². The van der Waals surface area contributed by atoms with Gasteiger partial charge in [0.15, 0.2) is 0 Å². The fourth-order valence-corrected chi connectivity index (χ4v) is 2.24. The second-order valence-corrected chi connectivity index (χ2v) is 4.87. The second kappa shape index (κ2) is 4.53. The van der Waals surface area contributed by atoms with Gasteiger partial charge in [-0.2, -0.15) is 4.98 Å². The van der Waals surface area contributed by atoms with E-state index in [0.717, 1.165) is 12.8 Å². The van der Waals surface area contributed by atoms with Gasteiger partial charge < -0.3 is 5.73 Å². The molecule has 2 rings (SSSR count). The van der Waals surface area contributed by atoms with Gasteiger partial charge in [0, 0.05) is 24.0 Å². The third-order valence-electron chi connectivity index (χ3n) is 2.59. The third-order valence-corrected chi connectivity index (χ3v) is 3.63. The maximum atomic E-state index is 6.17. The number of nitrogen functional groups attached to an aromatic ring is 1. The highest BCUT2D eigenvalue weighted by molar-refractivity contribution is 9.10. The molecule has 0 atom stereocenters. The van der Waals surface area contributed by atoms with Gasteiger partial charge in [-0.1, -0.05) is 12.8 Å². The average Bonchev–Trinajstić information content (AvgIpc) is 2.74. The molecule has 1 aliphatic rings. The van der Waals surface area contributed by atoms with Crippen molar-refractivity contribution in [1.82, 2.24) is 9.97 Å². The molecule has 1 aliphatic carbocycles. The molecule has 1 fully saturated rings. The maximum Gasteiger partial charge on any atom is 0.242 e. The predicted octanol–water partition coefficient (Wildman–Crippen LogP) is 2.72. The van der Waals surface area contributed by atoms with Gasteiger partial charge in [0.1, 0.15) is 5.82 Å². The number of rotatable bonds is 2. The van der Waals surface area contributed by atoms with E-state index in [1.807, 2.05) is 0 Å². The van der Waals surface area contributed by atoms with E-state index < -0.39 is 0 Å². The molecule has 0 aromatic carbocycles. The van der Waals surface area contributed by atoms with Crippen molar-refractivity contribution in [2.75, 3.05) is 10.2 Å². The number of halogens is 2. The zero-order valence-electron chi connectivity index (χ0n) is 8.16. The quantitative estimate of drug-likeness (QED) is 0.851. The largest absolute Gasteiger partial charge is 0.383 e. The van der Waals surface area contributed by atoms with Gasteiger partial charge in [-0.05, 0) is 28.8 Å². The van der Waals surface area contributed by atoms with Crippen molar-refractivity contribution in [3.05, 3.63) is 10.7 Å². The molecule has 15 heavy (non-hydrogen) atoms. The smallest absolute Gasteiger partial charge is 0.242 e. The molecule has 1 saturated carbocycles. The standard InChI is InChI=1S/C9H12BrClN4/c10-7-5-13-9(14-8(7)12)15(11)6-3-1-2-4-6/h5-6H,1-4H2,(H2,12,13,14). The van der Waals surface area contributed by atoms with Crippen LogP contribution in [0.3, 0.4) is 0 Å². The normalized spacial score (nSPS) is 16.9. The molecule has 1 aromatic rings. The molecule has 0 radical (unpaired) electrons. The second-order valence-electron chi connectivity index (χ2n) is 3.65. The Labute approximate surface area is 102 Å². The fourth-order valence-electron chi connectivity index (χ4n) is 1.77. The van der Waals surface area contributed by atoms with Crippen LogP contribution in [-0.2, 0) is 0 Å². The highest BCUT2D eigenvalue weighted by Gasteiger charge is 2.23. The Hall–Kier alpha value is -0.550. The van der Waals surface area contributed by atoms with Gasteiger partial charge in [0.25, 0.3) is 0 Å². The highest BCUT2D eigenvalue weighted by Crippen LogP contribution is 2.28. The van der Waals surface area contributed by atoms with Crippen molar-refractivity contribution in [3.63, 3.8) is 0 Å². The molecule has 1 heterocycles. The van der Waals surface area contributed by atoms with Crippen LogP contribution in [0.25, 0.3) is 0 Å². The Kier molecular flexibility index (Phi) is 3.31. The first-order valence-electron chi connectivity index (χ1n) is 4.91.